The van der Waals surface area contributed by atoms with Gasteiger partial charge in [-0.2, -0.15) is 13.2 Å². The van der Waals surface area contributed by atoms with Crippen molar-refractivity contribution >= 4 is 0 Å². The highest BCUT2D eigenvalue weighted by Crippen LogP contribution is 2.35. The van der Waals surface area contributed by atoms with Crippen molar-refractivity contribution < 1.29 is 27.0 Å². The molecule has 0 unspecified atom stereocenters. The Morgan fingerprint density at radius 2 is 1.50 bits per heavy atom. The largest absolute Gasteiger partial charge is 0.483 e. The SMILES string of the molecule is CCCC1CCC(CCc2ccc(OC(F)(F)COc3ccc(C)cc3)c(F)c2F)CC1. The highest BCUT2D eigenvalue weighted by Gasteiger charge is 2.35. The minimum absolute atomic E-state index is 0.199. The fraction of sp³-hybridized carbons (Fsp3) is 0.538. The summed E-state index contributed by atoms with van der Waals surface area (Å²) in [6.45, 7) is 2.95. The van der Waals surface area contributed by atoms with Crippen LogP contribution in [0.2, 0.25) is 0 Å². The highest BCUT2D eigenvalue weighted by atomic mass is 19.3. The van der Waals surface area contributed by atoms with Gasteiger partial charge in [0.2, 0.25) is 5.82 Å². The molecule has 0 aromatic heterocycles. The molecule has 0 atom stereocenters. The van der Waals surface area contributed by atoms with Crippen LogP contribution in [0.5, 0.6) is 11.5 Å². The number of halogens is 4. The number of aryl methyl sites for hydroxylation is 2. The molecule has 1 aliphatic rings. The number of benzene rings is 2. The Labute approximate surface area is 187 Å². The molecule has 176 valence electrons. The van der Waals surface area contributed by atoms with Crippen LogP contribution < -0.4 is 9.47 Å². The van der Waals surface area contributed by atoms with Crippen molar-refractivity contribution in [1.29, 1.82) is 0 Å². The van der Waals surface area contributed by atoms with E-state index in [0.29, 0.717) is 12.3 Å². The minimum Gasteiger partial charge on any atom is -0.483 e. The number of hydrogen-bond donors (Lipinski definition) is 0. The van der Waals surface area contributed by atoms with E-state index in [2.05, 4.69) is 11.7 Å². The lowest BCUT2D eigenvalue weighted by atomic mass is 9.78. The first kappa shape index (κ1) is 24.4. The monoisotopic (exact) mass is 452 g/mol. The molecule has 0 spiro atoms. The van der Waals surface area contributed by atoms with Gasteiger partial charge >= 0.3 is 6.11 Å². The van der Waals surface area contributed by atoms with Gasteiger partial charge in [-0.15, -0.1) is 0 Å². The second-order valence-corrected chi connectivity index (χ2v) is 8.91. The van der Waals surface area contributed by atoms with Crippen molar-refractivity contribution in [3.63, 3.8) is 0 Å². The zero-order valence-electron chi connectivity index (χ0n) is 18.8. The van der Waals surface area contributed by atoms with Crippen LogP contribution in [0, 0.1) is 30.4 Å². The topological polar surface area (TPSA) is 18.5 Å². The Balaban J connectivity index is 1.53. The molecule has 2 nitrogen and oxygen atoms in total. The number of ether oxygens (including phenoxy) is 2. The Morgan fingerprint density at radius 1 is 0.875 bits per heavy atom. The van der Waals surface area contributed by atoms with Gasteiger partial charge < -0.3 is 9.47 Å². The van der Waals surface area contributed by atoms with E-state index in [-0.39, 0.29) is 11.3 Å². The first-order chi connectivity index (χ1) is 15.3. The number of alkyl halides is 2. The summed E-state index contributed by atoms with van der Waals surface area (Å²) in [5.74, 6) is -1.78. The van der Waals surface area contributed by atoms with Crippen LogP contribution in [0.4, 0.5) is 17.6 Å². The summed E-state index contributed by atoms with van der Waals surface area (Å²) >= 11 is 0. The van der Waals surface area contributed by atoms with Gasteiger partial charge in [0.1, 0.15) is 5.75 Å². The Kier molecular flexibility index (Phi) is 8.44. The summed E-state index contributed by atoms with van der Waals surface area (Å²) < 4.78 is 66.7. The molecule has 0 aliphatic heterocycles. The molecule has 0 radical (unpaired) electrons. The molecule has 0 N–H and O–H groups in total. The molecular weight excluding hydrogens is 420 g/mol. The molecule has 3 rings (SSSR count). The van der Waals surface area contributed by atoms with Crippen LogP contribution in [0.15, 0.2) is 36.4 Å². The second-order valence-electron chi connectivity index (χ2n) is 8.91. The van der Waals surface area contributed by atoms with Crippen LogP contribution in [0.3, 0.4) is 0 Å². The summed E-state index contributed by atoms with van der Waals surface area (Å²) in [5, 5.41) is 0. The molecule has 32 heavy (non-hydrogen) atoms. The standard InChI is InChI=1S/C26H32F4O2/c1-3-4-19-7-9-20(10-8-19)11-12-21-13-16-23(25(28)24(21)27)32-26(29,30)17-31-22-14-5-18(2)6-15-22/h5-6,13-16,19-20H,3-4,7-12,17H2,1-2H3. The third kappa shape index (κ3) is 6.88. The average molecular weight is 453 g/mol. The van der Waals surface area contributed by atoms with E-state index in [1.54, 1.807) is 24.3 Å². The van der Waals surface area contributed by atoms with Crippen LogP contribution in [-0.2, 0) is 6.42 Å². The lowest BCUT2D eigenvalue weighted by Gasteiger charge is -2.28. The molecule has 1 saturated carbocycles. The van der Waals surface area contributed by atoms with E-state index < -0.39 is 30.1 Å². The summed E-state index contributed by atoms with van der Waals surface area (Å²) in [6, 6.07) is 8.96. The summed E-state index contributed by atoms with van der Waals surface area (Å²) in [5.41, 5.74) is 1.16. The van der Waals surface area contributed by atoms with E-state index in [1.165, 1.54) is 31.7 Å². The van der Waals surface area contributed by atoms with E-state index in [1.807, 2.05) is 6.92 Å². The third-order valence-electron chi connectivity index (χ3n) is 6.30. The van der Waals surface area contributed by atoms with Crippen molar-refractivity contribution in [1.82, 2.24) is 0 Å². The van der Waals surface area contributed by atoms with Crippen molar-refractivity contribution in [2.75, 3.05) is 6.61 Å². The van der Waals surface area contributed by atoms with Gasteiger partial charge in [0.25, 0.3) is 0 Å². The predicted octanol–water partition coefficient (Wildman–Crippen LogP) is 7.86. The van der Waals surface area contributed by atoms with Crippen molar-refractivity contribution in [3.05, 3.63) is 59.2 Å². The fourth-order valence-corrected chi connectivity index (χ4v) is 4.41. The smallest absolute Gasteiger partial charge is 0.433 e. The van der Waals surface area contributed by atoms with E-state index in [0.717, 1.165) is 36.8 Å². The molecule has 0 bridgehead atoms. The molecule has 0 heterocycles. The maximum Gasteiger partial charge on any atom is 0.433 e. The summed E-state index contributed by atoms with van der Waals surface area (Å²) in [4.78, 5) is 0. The van der Waals surface area contributed by atoms with E-state index >= 15 is 0 Å². The Morgan fingerprint density at radius 3 is 2.12 bits per heavy atom. The Hall–Kier alpha value is -2.24. The fourth-order valence-electron chi connectivity index (χ4n) is 4.41. The van der Waals surface area contributed by atoms with Gasteiger partial charge in [-0.25, -0.2) is 4.39 Å². The zero-order valence-corrected chi connectivity index (χ0v) is 18.8. The van der Waals surface area contributed by atoms with Gasteiger partial charge in [0.05, 0.1) is 0 Å². The van der Waals surface area contributed by atoms with E-state index in [4.69, 9.17) is 4.74 Å². The van der Waals surface area contributed by atoms with Gasteiger partial charge in [-0.05, 0) is 55.4 Å². The predicted molar refractivity (Wildman–Crippen MR) is 117 cm³/mol. The van der Waals surface area contributed by atoms with Crippen LogP contribution in [-0.4, -0.2) is 12.7 Å². The maximum absolute atomic E-state index is 14.5. The summed E-state index contributed by atoms with van der Waals surface area (Å²) in [6.07, 6.45) is 4.43. The van der Waals surface area contributed by atoms with E-state index in [9.17, 15) is 17.6 Å². The van der Waals surface area contributed by atoms with Crippen molar-refractivity contribution in [2.24, 2.45) is 11.8 Å². The number of rotatable bonds is 10. The molecule has 0 saturated heterocycles. The molecule has 1 aliphatic carbocycles. The first-order valence-corrected chi connectivity index (χ1v) is 11.5. The average Bonchev–Trinajstić information content (AvgIpc) is 2.77. The minimum atomic E-state index is -3.81. The maximum atomic E-state index is 14.5. The highest BCUT2D eigenvalue weighted by molar-refractivity contribution is 5.31. The summed E-state index contributed by atoms with van der Waals surface area (Å²) in [7, 11) is 0. The molecular formula is C26H32F4O2. The lowest BCUT2D eigenvalue weighted by molar-refractivity contribution is -0.196. The molecule has 2 aromatic carbocycles. The quantitative estimate of drug-likeness (QED) is 0.342. The van der Waals surface area contributed by atoms with Gasteiger partial charge in [0.15, 0.2) is 18.2 Å². The Bertz CT molecular complexity index is 859. The first-order valence-electron chi connectivity index (χ1n) is 11.5. The van der Waals surface area contributed by atoms with Crippen molar-refractivity contribution in [3.8, 4) is 11.5 Å². The van der Waals surface area contributed by atoms with Gasteiger partial charge in [-0.3, -0.25) is 0 Å². The van der Waals surface area contributed by atoms with Gasteiger partial charge in [-0.1, -0.05) is 69.2 Å². The lowest BCUT2D eigenvalue weighted by Crippen LogP contribution is -2.33. The third-order valence-corrected chi connectivity index (χ3v) is 6.30. The van der Waals surface area contributed by atoms with Crippen LogP contribution in [0.1, 0.15) is 63.0 Å². The zero-order chi connectivity index (χ0) is 23.1. The van der Waals surface area contributed by atoms with Gasteiger partial charge in [0, 0.05) is 0 Å². The van der Waals surface area contributed by atoms with Crippen LogP contribution >= 0.6 is 0 Å². The van der Waals surface area contributed by atoms with Crippen molar-refractivity contribution in [2.45, 2.75) is 71.3 Å². The van der Waals surface area contributed by atoms with Crippen LogP contribution in [0.25, 0.3) is 0 Å². The second kappa shape index (κ2) is 11.1. The molecule has 0 amide bonds. The number of hydrogen-bond acceptors (Lipinski definition) is 2. The molecule has 1 fully saturated rings. The normalized spacial score (nSPS) is 19.1. The molecule has 2 aromatic rings. The molecule has 6 heteroatoms.